The van der Waals surface area contributed by atoms with Crippen LogP contribution in [0.25, 0.3) is 10.2 Å². The maximum absolute atomic E-state index is 13.0. The molecule has 0 fully saturated rings. The minimum Gasteiger partial charge on any atom is -0.383 e. The van der Waals surface area contributed by atoms with E-state index in [0.717, 1.165) is 26.2 Å². The van der Waals surface area contributed by atoms with E-state index in [1.165, 1.54) is 23.9 Å². The van der Waals surface area contributed by atoms with E-state index in [-0.39, 0.29) is 23.5 Å². The van der Waals surface area contributed by atoms with Crippen LogP contribution in [0.15, 0.2) is 29.4 Å². The first kappa shape index (κ1) is 18.6. The lowest BCUT2D eigenvalue weighted by Crippen LogP contribution is -2.28. The smallest absolute Gasteiger partial charge is 0.230 e. The van der Waals surface area contributed by atoms with Crippen molar-refractivity contribution in [3.63, 3.8) is 0 Å². The molecular formula is C18H19FN4OS2. The molecule has 1 amide bonds. The summed E-state index contributed by atoms with van der Waals surface area (Å²) in [4.78, 5) is 23.0. The van der Waals surface area contributed by atoms with E-state index in [9.17, 15) is 9.18 Å². The Hall–Kier alpha value is -2.19. The van der Waals surface area contributed by atoms with Gasteiger partial charge in [0, 0.05) is 4.88 Å². The molecule has 0 bridgehead atoms. The van der Waals surface area contributed by atoms with Crippen LogP contribution in [-0.4, -0.2) is 21.6 Å². The molecule has 8 heteroatoms. The molecule has 3 N–H and O–H groups in total. The Labute approximate surface area is 159 Å². The highest BCUT2D eigenvalue weighted by molar-refractivity contribution is 7.99. The Morgan fingerprint density at radius 3 is 2.69 bits per heavy atom. The van der Waals surface area contributed by atoms with E-state index in [2.05, 4.69) is 15.3 Å². The molecule has 2 aromatic heterocycles. The topological polar surface area (TPSA) is 80.9 Å². The highest BCUT2D eigenvalue weighted by Crippen LogP contribution is 2.33. The SMILES string of the molecule is Cc1sc2nc(SCC(=O)NC(C)c3ccc(F)cc3)nc(N)c2c1C. The van der Waals surface area contributed by atoms with E-state index < -0.39 is 0 Å². The quantitative estimate of drug-likeness (QED) is 0.508. The number of hydrogen-bond acceptors (Lipinski definition) is 6. The van der Waals surface area contributed by atoms with Gasteiger partial charge in [0.1, 0.15) is 16.5 Å². The van der Waals surface area contributed by atoms with Gasteiger partial charge in [-0.1, -0.05) is 23.9 Å². The lowest BCUT2D eigenvalue weighted by molar-refractivity contribution is -0.119. The maximum Gasteiger partial charge on any atom is 0.230 e. The second-order valence-electron chi connectivity index (χ2n) is 5.98. The Kier molecular flexibility index (Phi) is 5.43. The van der Waals surface area contributed by atoms with Crippen LogP contribution < -0.4 is 11.1 Å². The van der Waals surface area contributed by atoms with Crippen LogP contribution in [0.2, 0.25) is 0 Å². The Bertz CT molecular complexity index is 956. The van der Waals surface area contributed by atoms with Crippen LogP contribution in [0, 0.1) is 19.7 Å². The van der Waals surface area contributed by atoms with E-state index in [1.54, 1.807) is 23.5 Å². The molecule has 1 aromatic carbocycles. The predicted molar refractivity (Wildman–Crippen MR) is 105 cm³/mol. The summed E-state index contributed by atoms with van der Waals surface area (Å²) in [5, 5.41) is 4.27. The van der Waals surface area contributed by atoms with Crippen molar-refractivity contribution in [3.8, 4) is 0 Å². The van der Waals surface area contributed by atoms with Crippen LogP contribution in [0.3, 0.4) is 0 Å². The maximum atomic E-state index is 13.0. The number of aromatic nitrogens is 2. The standard InChI is InChI=1S/C18H19FN4OS2/c1-9-11(3)26-17-15(9)16(20)22-18(23-17)25-8-14(24)21-10(2)12-4-6-13(19)7-5-12/h4-7,10H,8H2,1-3H3,(H,21,24)(H2,20,22,23). The number of thiophene rings is 1. The second kappa shape index (κ2) is 7.59. The van der Waals surface area contributed by atoms with E-state index in [0.29, 0.717) is 11.0 Å². The third-order valence-corrected chi connectivity index (χ3v) is 6.06. The van der Waals surface area contributed by atoms with Gasteiger partial charge in [0.2, 0.25) is 5.91 Å². The second-order valence-corrected chi connectivity index (χ2v) is 8.13. The van der Waals surface area contributed by atoms with Gasteiger partial charge in [-0.05, 0) is 44.0 Å². The van der Waals surface area contributed by atoms with Crippen molar-refractivity contribution in [2.45, 2.75) is 32.0 Å². The Balaban J connectivity index is 1.64. The zero-order chi connectivity index (χ0) is 18.8. The van der Waals surface area contributed by atoms with Crippen LogP contribution in [-0.2, 0) is 4.79 Å². The Morgan fingerprint density at radius 1 is 1.31 bits per heavy atom. The number of benzene rings is 1. The van der Waals surface area contributed by atoms with Gasteiger partial charge >= 0.3 is 0 Å². The van der Waals surface area contributed by atoms with Crippen LogP contribution >= 0.6 is 23.1 Å². The summed E-state index contributed by atoms with van der Waals surface area (Å²) in [6.45, 7) is 5.89. The number of aryl methyl sites for hydroxylation is 2. The fourth-order valence-electron chi connectivity index (χ4n) is 2.57. The molecular weight excluding hydrogens is 371 g/mol. The number of nitrogens with one attached hydrogen (secondary N) is 1. The molecule has 5 nitrogen and oxygen atoms in total. The first-order chi connectivity index (χ1) is 12.3. The monoisotopic (exact) mass is 390 g/mol. The molecule has 0 radical (unpaired) electrons. The number of nitrogens with two attached hydrogens (primary N) is 1. The van der Waals surface area contributed by atoms with E-state index in [1.807, 2.05) is 20.8 Å². The van der Waals surface area contributed by atoms with Crippen molar-refractivity contribution in [1.82, 2.24) is 15.3 Å². The summed E-state index contributed by atoms with van der Waals surface area (Å²) in [6.07, 6.45) is 0. The number of fused-ring (bicyclic) bond motifs is 1. The van der Waals surface area contributed by atoms with Gasteiger partial charge in [0.15, 0.2) is 5.16 Å². The van der Waals surface area contributed by atoms with Gasteiger partial charge in [-0.2, -0.15) is 0 Å². The average molecular weight is 391 g/mol. The zero-order valence-corrected chi connectivity index (χ0v) is 16.3. The minimum atomic E-state index is -0.299. The first-order valence-corrected chi connectivity index (χ1v) is 9.86. The molecule has 136 valence electrons. The predicted octanol–water partition coefficient (Wildman–Crippen LogP) is 4.00. The molecule has 0 saturated heterocycles. The largest absolute Gasteiger partial charge is 0.383 e. The van der Waals surface area contributed by atoms with Crippen molar-refractivity contribution in [3.05, 3.63) is 46.1 Å². The van der Waals surface area contributed by atoms with Crippen LogP contribution in [0.5, 0.6) is 0 Å². The summed E-state index contributed by atoms with van der Waals surface area (Å²) >= 11 is 2.82. The van der Waals surface area contributed by atoms with Crippen molar-refractivity contribution in [2.24, 2.45) is 0 Å². The summed E-state index contributed by atoms with van der Waals surface area (Å²) in [5.41, 5.74) is 8.00. The fourth-order valence-corrected chi connectivity index (χ4v) is 4.33. The molecule has 0 aliphatic carbocycles. The average Bonchev–Trinajstić information content (AvgIpc) is 2.88. The fraction of sp³-hybridized carbons (Fsp3) is 0.278. The number of thioether (sulfide) groups is 1. The summed E-state index contributed by atoms with van der Waals surface area (Å²) in [7, 11) is 0. The third-order valence-electron chi connectivity index (χ3n) is 4.12. The molecule has 0 spiro atoms. The number of rotatable bonds is 5. The molecule has 0 saturated carbocycles. The summed E-state index contributed by atoms with van der Waals surface area (Å²) < 4.78 is 13.0. The van der Waals surface area contributed by atoms with Gasteiger partial charge in [-0.25, -0.2) is 14.4 Å². The van der Waals surface area contributed by atoms with Gasteiger partial charge < -0.3 is 11.1 Å². The highest BCUT2D eigenvalue weighted by atomic mass is 32.2. The molecule has 3 aromatic rings. The molecule has 26 heavy (non-hydrogen) atoms. The molecule has 0 aliphatic heterocycles. The number of anilines is 1. The number of hydrogen-bond donors (Lipinski definition) is 2. The third kappa shape index (κ3) is 3.96. The Morgan fingerprint density at radius 2 is 2.00 bits per heavy atom. The molecule has 3 rings (SSSR count). The van der Waals surface area contributed by atoms with Crippen LogP contribution in [0.1, 0.15) is 29.0 Å². The number of nitrogens with zero attached hydrogens (tertiary/aromatic N) is 2. The zero-order valence-electron chi connectivity index (χ0n) is 14.7. The number of carbonyl (C=O) groups excluding carboxylic acids is 1. The molecule has 1 atom stereocenters. The first-order valence-electron chi connectivity index (χ1n) is 8.06. The van der Waals surface area contributed by atoms with Crippen molar-refractivity contribution in [2.75, 3.05) is 11.5 Å². The van der Waals surface area contributed by atoms with Crippen molar-refractivity contribution >= 4 is 45.0 Å². The van der Waals surface area contributed by atoms with Crippen molar-refractivity contribution < 1.29 is 9.18 Å². The lowest BCUT2D eigenvalue weighted by Gasteiger charge is -2.14. The minimum absolute atomic E-state index is 0.146. The van der Waals surface area contributed by atoms with Gasteiger partial charge in [-0.15, -0.1) is 11.3 Å². The summed E-state index contributed by atoms with van der Waals surface area (Å²) in [6, 6.07) is 5.87. The van der Waals surface area contributed by atoms with Gasteiger partial charge in [0.05, 0.1) is 17.2 Å². The highest BCUT2D eigenvalue weighted by Gasteiger charge is 2.15. The molecule has 1 unspecified atom stereocenters. The number of nitrogen functional groups attached to an aromatic ring is 1. The normalized spacial score (nSPS) is 12.3. The lowest BCUT2D eigenvalue weighted by atomic mass is 10.1. The number of carbonyl (C=O) groups is 1. The van der Waals surface area contributed by atoms with E-state index >= 15 is 0 Å². The van der Waals surface area contributed by atoms with E-state index in [4.69, 9.17) is 5.73 Å². The molecule has 0 aliphatic rings. The molecule has 2 heterocycles. The summed E-state index contributed by atoms with van der Waals surface area (Å²) in [5.74, 6) is 0.180. The number of halogens is 1. The number of amides is 1. The van der Waals surface area contributed by atoms with Gasteiger partial charge in [-0.3, -0.25) is 4.79 Å². The van der Waals surface area contributed by atoms with Crippen molar-refractivity contribution in [1.29, 1.82) is 0 Å². The van der Waals surface area contributed by atoms with Gasteiger partial charge in [0.25, 0.3) is 0 Å². The van der Waals surface area contributed by atoms with Crippen LogP contribution in [0.4, 0.5) is 10.2 Å².